The summed E-state index contributed by atoms with van der Waals surface area (Å²) in [5, 5.41) is 24.9. The van der Waals surface area contributed by atoms with Gasteiger partial charge in [0.25, 0.3) is 17.5 Å². The second-order valence-corrected chi connectivity index (χ2v) is 8.13. The lowest BCUT2D eigenvalue weighted by atomic mass is 10.1. The highest BCUT2D eigenvalue weighted by Crippen LogP contribution is 2.40. The van der Waals surface area contributed by atoms with Crippen molar-refractivity contribution < 1.29 is 14.5 Å². The van der Waals surface area contributed by atoms with Gasteiger partial charge in [0.15, 0.2) is 11.8 Å². The van der Waals surface area contributed by atoms with E-state index in [0.29, 0.717) is 0 Å². The van der Waals surface area contributed by atoms with Gasteiger partial charge in [0.1, 0.15) is 11.5 Å². The molecule has 0 fully saturated rings. The number of nitrogens with one attached hydrogen (secondary N) is 2. The number of hydrogen-bond donors (Lipinski definition) is 2. The molecule has 11 nitrogen and oxygen atoms in total. The fourth-order valence-corrected chi connectivity index (χ4v) is 4.14. The topological polar surface area (TPSA) is 146 Å². The van der Waals surface area contributed by atoms with Gasteiger partial charge in [-0.3, -0.25) is 24.8 Å². The van der Waals surface area contributed by atoms with Gasteiger partial charge in [-0.1, -0.05) is 40.9 Å². The first-order valence-electron chi connectivity index (χ1n) is 8.86. The van der Waals surface area contributed by atoms with Gasteiger partial charge in [0, 0.05) is 22.7 Å². The number of amides is 2. The van der Waals surface area contributed by atoms with Crippen molar-refractivity contribution in [2.45, 2.75) is 5.92 Å². The van der Waals surface area contributed by atoms with E-state index < -0.39 is 22.7 Å². The first-order chi connectivity index (χ1) is 15.7. The Balaban J connectivity index is 1.75. The van der Waals surface area contributed by atoms with Crippen LogP contribution in [-0.2, 0) is 4.79 Å². The number of hydrazone groups is 1. The Bertz CT molecular complexity index is 1320. The van der Waals surface area contributed by atoms with Crippen molar-refractivity contribution in [3.05, 3.63) is 78.3 Å². The number of aromatic nitrogens is 3. The zero-order valence-corrected chi connectivity index (χ0v) is 18.9. The summed E-state index contributed by atoms with van der Waals surface area (Å²) in [4.78, 5) is 40.4. The predicted octanol–water partition coefficient (Wildman–Crippen LogP) is 4.20. The number of nitro groups is 1. The fraction of sp³-hybridized carbons (Fsp3) is 0.0556. The molecule has 2 heterocycles. The van der Waals surface area contributed by atoms with E-state index in [9.17, 15) is 19.7 Å². The molecule has 1 aliphatic heterocycles. The normalized spacial score (nSPS) is 15.5. The predicted molar refractivity (Wildman–Crippen MR) is 121 cm³/mol. The summed E-state index contributed by atoms with van der Waals surface area (Å²) in [5.74, 6) is -2.85. The zero-order chi connectivity index (χ0) is 23.9. The first kappa shape index (κ1) is 22.9. The number of nitro benzene ring substituents is 1. The van der Waals surface area contributed by atoms with E-state index in [1.807, 2.05) is 0 Å². The van der Waals surface area contributed by atoms with E-state index >= 15 is 0 Å². The SMILES string of the molecule is O=C(NC1=NN(c2c(Cl)cc(Cl)cc2Cl)C(=O)C1c1nc(Cl)n[nH]1)c1cccc([N+](=O)[O-])c1. The molecule has 2 N–H and O–H groups in total. The van der Waals surface area contributed by atoms with Crippen LogP contribution in [0.15, 0.2) is 41.5 Å². The fourth-order valence-electron chi connectivity index (χ4n) is 3.03. The maximum atomic E-state index is 13.3. The molecular weight excluding hydrogens is 520 g/mol. The van der Waals surface area contributed by atoms with Crippen LogP contribution in [0.25, 0.3) is 0 Å². The number of carbonyl (C=O) groups excluding carboxylic acids is 2. The van der Waals surface area contributed by atoms with Gasteiger partial charge in [-0.25, -0.2) is 4.98 Å². The summed E-state index contributed by atoms with van der Waals surface area (Å²) in [7, 11) is 0. The highest BCUT2D eigenvalue weighted by Gasteiger charge is 2.42. The quantitative estimate of drug-likeness (QED) is 0.383. The Morgan fingerprint density at radius 1 is 1.15 bits per heavy atom. The highest BCUT2D eigenvalue weighted by molar-refractivity contribution is 6.43. The van der Waals surface area contributed by atoms with Gasteiger partial charge in [-0.15, -0.1) is 5.10 Å². The molecule has 0 saturated heterocycles. The molecule has 1 unspecified atom stereocenters. The molecule has 0 spiro atoms. The van der Waals surface area contributed by atoms with Crippen LogP contribution in [0.5, 0.6) is 0 Å². The molecule has 2 aromatic carbocycles. The van der Waals surface area contributed by atoms with Crippen LogP contribution in [0.4, 0.5) is 11.4 Å². The van der Waals surface area contributed by atoms with Crippen molar-refractivity contribution in [3.63, 3.8) is 0 Å². The Labute approximate surface area is 204 Å². The van der Waals surface area contributed by atoms with Crippen LogP contribution in [0.1, 0.15) is 22.1 Å². The van der Waals surface area contributed by atoms with Crippen LogP contribution < -0.4 is 10.3 Å². The van der Waals surface area contributed by atoms with Crippen molar-refractivity contribution in [1.29, 1.82) is 0 Å². The molecule has 1 aromatic heterocycles. The van der Waals surface area contributed by atoms with E-state index in [1.165, 1.54) is 30.3 Å². The van der Waals surface area contributed by atoms with Crippen molar-refractivity contribution in [2.75, 3.05) is 5.01 Å². The summed E-state index contributed by atoms with van der Waals surface area (Å²) in [6, 6.07) is 7.77. The van der Waals surface area contributed by atoms with Crippen LogP contribution in [-0.4, -0.2) is 37.8 Å². The van der Waals surface area contributed by atoms with Gasteiger partial charge < -0.3 is 5.32 Å². The Morgan fingerprint density at radius 2 is 1.85 bits per heavy atom. The second-order valence-electron chi connectivity index (χ2n) is 6.54. The number of rotatable bonds is 4. The lowest BCUT2D eigenvalue weighted by Gasteiger charge is -2.16. The summed E-state index contributed by atoms with van der Waals surface area (Å²) in [6.07, 6.45) is 0. The number of benzene rings is 2. The van der Waals surface area contributed by atoms with Crippen molar-refractivity contribution in [1.82, 2.24) is 20.5 Å². The van der Waals surface area contributed by atoms with Crippen molar-refractivity contribution in [3.8, 4) is 0 Å². The maximum absolute atomic E-state index is 13.3. The third-order valence-corrected chi connectivity index (χ3v) is 5.40. The van der Waals surface area contributed by atoms with E-state index in [1.54, 1.807) is 0 Å². The molecule has 15 heteroatoms. The minimum atomic E-state index is -1.25. The molecule has 0 aliphatic carbocycles. The Hall–Kier alpha value is -3.25. The summed E-state index contributed by atoms with van der Waals surface area (Å²) < 4.78 is 0. The number of hydrogen-bond acceptors (Lipinski definition) is 7. The minimum Gasteiger partial charge on any atom is -0.308 e. The molecule has 1 atom stereocenters. The van der Waals surface area contributed by atoms with E-state index in [2.05, 4.69) is 25.6 Å². The van der Waals surface area contributed by atoms with Crippen LogP contribution in [0.3, 0.4) is 0 Å². The summed E-state index contributed by atoms with van der Waals surface area (Å²) in [6.45, 7) is 0. The number of carbonyl (C=O) groups is 2. The Morgan fingerprint density at radius 3 is 2.45 bits per heavy atom. The standard InChI is InChI=1S/C18H9Cl4N7O4/c19-8-5-10(20)13(11(21)6-8)28-17(31)12(14-24-18(22)26-25-14)15(27-28)23-16(30)7-2-1-3-9(4-7)29(32)33/h1-6,12H,(H,23,27,30)(H,24,25,26). The molecule has 0 bridgehead atoms. The van der Waals surface area contributed by atoms with E-state index in [0.717, 1.165) is 11.1 Å². The number of halogens is 4. The average molecular weight is 529 g/mol. The minimum absolute atomic E-state index is 0.00759. The molecule has 33 heavy (non-hydrogen) atoms. The number of nitrogens with zero attached hydrogens (tertiary/aromatic N) is 5. The number of non-ortho nitro benzene ring substituents is 1. The van der Waals surface area contributed by atoms with Gasteiger partial charge in [-0.2, -0.15) is 10.1 Å². The van der Waals surface area contributed by atoms with E-state index in [-0.39, 0.29) is 48.9 Å². The monoisotopic (exact) mass is 527 g/mol. The first-order valence-corrected chi connectivity index (χ1v) is 10.4. The Kier molecular flexibility index (Phi) is 6.21. The van der Waals surface area contributed by atoms with Gasteiger partial charge in [-0.05, 0) is 29.8 Å². The third-order valence-electron chi connectivity index (χ3n) is 4.44. The second kappa shape index (κ2) is 8.94. The smallest absolute Gasteiger partial charge is 0.270 e. The molecule has 0 saturated carbocycles. The van der Waals surface area contributed by atoms with Crippen LogP contribution in [0, 0.1) is 10.1 Å². The lowest BCUT2D eigenvalue weighted by molar-refractivity contribution is -0.384. The number of aromatic amines is 1. The molecule has 168 valence electrons. The van der Waals surface area contributed by atoms with Crippen LogP contribution in [0.2, 0.25) is 20.4 Å². The molecule has 3 aromatic rings. The maximum Gasteiger partial charge on any atom is 0.270 e. The largest absolute Gasteiger partial charge is 0.308 e. The molecule has 2 amide bonds. The molecular formula is C18H9Cl4N7O4. The van der Waals surface area contributed by atoms with Gasteiger partial charge >= 0.3 is 0 Å². The third kappa shape index (κ3) is 4.48. The molecule has 4 rings (SSSR count). The van der Waals surface area contributed by atoms with Crippen molar-refractivity contribution >= 4 is 75.4 Å². The number of amidine groups is 1. The van der Waals surface area contributed by atoms with E-state index in [4.69, 9.17) is 46.4 Å². The van der Waals surface area contributed by atoms with Gasteiger partial charge in [0.2, 0.25) is 5.28 Å². The highest BCUT2D eigenvalue weighted by atomic mass is 35.5. The zero-order valence-electron chi connectivity index (χ0n) is 15.9. The van der Waals surface area contributed by atoms with Crippen LogP contribution >= 0.6 is 46.4 Å². The average Bonchev–Trinajstić information content (AvgIpc) is 3.30. The number of anilines is 1. The summed E-state index contributed by atoms with van der Waals surface area (Å²) >= 11 is 24.2. The molecule has 1 aliphatic rings. The van der Waals surface area contributed by atoms with Crippen molar-refractivity contribution in [2.24, 2.45) is 5.10 Å². The number of H-pyrrole nitrogens is 1. The summed E-state index contributed by atoms with van der Waals surface area (Å²) in [5.41, 5.74) is -0.287. The molecule has 0 radical (unpaired) electrons. The lowest BCUT2D eigenvalue weighted by Crippen LogP contribution is -2.36. The van der Waals surface area contributed by atoms with Gasteiger partial charge in [0.05, 0.1) is 15.0 Å².